The molecule has 2 N–H and O–H groups in total. The zero-order valence-corrected chi connectivity index (χ0v) is 26.4. The molecule has 8 nitrogen and oxygen atoms in total. The average molecular weight is 691 g/mol. The van der Waals surface area contributed by atoms with Gasteiger partial charge in [-0.2, -0.15) is 15.2 Å². The van der Waals surface area contributed by atoms with Crippen molar-refractivity contribution in [2.24, 2.45) is 0 Å². The van der Waals surface area contributed by atoms with E-state index in [1.54, 1.807) is 0 Å². The predicted octanol–water partition coefficient (Wildman–Crippen LogP) is 7.26. The van der Waals surface area contributed by atoms with E-state index < -0.39 is 42.2 Å². The van der Waals surface area contributed by atoms with E-state index in [9.17, 15) is 22.8 Å². The average Bonchev–Trinajstić information content (AvgIpc) is 3.65. The largest absolute Gasteiger partial charge is 0.489 e. The van der Waals surface area contributed by atoms with Crippen molar-refractivity contribution in [3.05, 3.63) is 47.0 Å². The molecule has 5 heterocycles. The number of nitriles is 1. The van der Waals surface area contributed by atoms with E-state index in [0.717, 1.165) is 30.4 Å². The Hall–Kier alpha value is -3.93. The Morgan fingerprint density at radius 3 is 2.85 bits per heavy atom. The number of aromatic nitrogens is 2. The Morgan fingerprint density at radius 1 is 1.30 bits per heavy atom. The van der Waals surface area contributed by atoms with Crippen LogP contribution in [-0.4, -0.2) is 71.9 Å². The van der Waals surface area contributed by atoms with Gasteiger partial charge in [0.2, 0.25) is 6.43 Å². The zero-order valence-electron chi connectivity index (χ0n) is 24.8. The third-order valence-electron chi connectivity index (χ3n) is 9.30. The predicted molar refractivity (Wildman–Crippen MR) is 170 cm³/mol. The maximum absolute atomic E-state index is 17.0. The summed E-state index contributed by atoms with van der Waals surface area (Å²) in [5, 5.41) is 9.81. The maximum Gasteiger partial charge on any atom is 0.319 e. The topological polar surface area (TPSA) is 101 Å². The summed E-state index contributed by atoms with van der Waals surface area (Å²) in [5.41, 5.74) is 4.99. The van der Waals surface area contributed by atoms with Crippen LogP contribution in [0.3, 0.4) is 0 Å². The van der Waals surface area contributed by atoms with Crippen molar-refractivity contribution >= 4 is 54.7 Å². The first-order valence-corrected chi connectivity index (χ1v) is 16.2. The Labute approximate surface area is 275 Å². The van der Waals surface area contributed by atoms with Crippen LogP contribution >= 0.6 is 22.9 Å². The number of benzene rings is 2. The Morgan fingerprint density at radius 2 is 2.11 bits per heavy atom. The Kier molecular flexibility index (Phi) is 8.05. The monoisotopic (exact) mass is 690 g/mol. The number of nitrogen functional groups attached to an aromatic ring is 1. The first-order chi connectivity index (χ1) is 22.6. The van der Waals surface area contributed by atoms with Gasteiger partial charge in [-0.1, -0.05) is 23.7 Å². The van der Waals surface area contributed by atoms with E-state index in [4.69, 9.17) is 26.8 Å². The molecule has 0 bridgehead atoms. The minimum atomic E-state index is -2.64. The van der Waals surface area contributed by atoms with Crippen LogP contribution in [0.4, 0.5) is 32.8 Å². The van der Waals surface area contributed by atoms with E-state index in [2.05, 4.69) is 16.5 Å². The molecule has 4 aromatic rings. The normalized spacial score (nSPS) is 22.5. The first kappa shape index (κ1) is 31.7. The molecule has 0 amide bonds. The smallest absolute Gasteiger partial charge is 0.319 e. The molecule has 0 unspecified atom stereocenters. The van der Waals surface area contributed by atoms with Crippen molar-refractivity contribution in [3.63, 3.8) is 0 Å². The minimum absolute atomic E-state index is 0.0243. The molecule has 2 aromatic carbocycles. The number of rotatable bonds is 8. The van der Waals surface area contributed by atoms with E-state index in [1.807, 2.05) is 11.0 Å². The number of hydrogen-bond donors (Lipinski definition) is 1. The van der Waals surface area contributed by atoms with E-state index in [1.165, 1.54) is 17.0 Å². The van der Waals surface area contributed by atoms with Gasteiger partial charge in [-0.3, -0.25) is 4.90 Å². The second kappa shape index (κ2) is 11.9. The summed E-state index contributed by atoms with van der Waals surface area (Å²) in [5.74, 6) is -1.58. The highest BCUT2D eigenvalue weighted by molar-refractivity contribution is 7.23. The number of ether oxygens (including phenoxy) is 2. The van der Waals surface area contributed by atoms with Crippen molar-refractivity contribution in [3.8, 4) is 29.0 Å². The van der Waals surface area contributed by atoms with Gasteiger partial charge < -0.3 is 20.1 Å². The summed E-state index contributed by atoms with van der Waals surface area (Å²) < 4.78 is 85.7. The highest BCUT2D eigenvalue weighted by Crippen LogP contribution is 2.51. The molecule has 246 valence electrons. The van der Waals surface area contributed by atoms with Crippen LogP contribution in [0.25, 0.3) is 32.1 Å². The Bertz CT molecular complexity index is 1970. The van der Waals surface area contributed by atoms with Crippen LogP contribution in [-0.2, 0) is 0 Å². The van der Waals surface area contributed by atoms with E-state index in [0.29, 0.717) is 6.42 Å². The zero-order chi connectivity index (χ0) is 33.2. The molecule has 0 aliphatic carbocycles. The minimum Gasteiger partial charge on any atom is -0.489 e. The fraction of sp³-hybridized carbons (Fsp3) is 0.406. The summed E-state index contributed by atoms with van der Waals surface area (Å²) in [6.45, 7) is 4.58. The number of nitrogens with two attached hydrogens (primary N) is 1. The number of alkyl halides is 3. The fourth-order valence-corrected chi connectivity index (χ4v) is 8.44. The maximum atomic E-state index is 17.0. The lowest BCUT2D eigenvalue weighted by atomic mass is 9.95. The van der Waals surface area contributed by atoms with Crippen LogP contribution < -0.4 is 20.1 Å². The fourth-order valence-electron chi connectivity index (χ4n) is 7.16. The number of hydrogen-bond acceptors (Lipinski definition) is 9. The molecular weight excluding hydrogens is 663 g/mol. The summed E-state index contributed by atoms with van der Waals surface area (Å²) in [7, 11) is 0. The van der Waals surface area contributed by atoms with Gasteiger partial charge in [0, 0.05) is 36.9 Å². The molecule has 2 fully saturated rings. The second-order valence-corrected chi connectivity index (χ2v) is 13.4. The lowest BCUT2D eigenvalue weighted by Crippen LogP contribution is -2.43. The van der Waals surface area contributed by atoms with Crippen molar-refractivity contribution in [1.82, 2.24) is 14.9 Å². The summed E-state index contributed by atoms with van der Waals surface area (Å²) in [4.78, 5) is 12.6. The molecule has 0 spiro atoms. The number of fused-ring (bicyclic) bond motifs is 2. The third-order valence-corrected chi connectivity index (χ3v) is 10.7. The molecule has 0 radical (unpaired) electrons. The lowest BCUT2D eigenvalue weighted by molar-refractivity contribution is 0.107. The molecule has 2 aromatic heterocycles. The molecule has 0 saturated carbocycles. The van der Waals surface area contributed by atoms with Gasteiger partial charge in [-0.05, 0) is 31.0 Å². The molecule has 7 rings (SSSR count). The summed E-state index contributed by atoms with van der Waals surface area (Å²) >= 11 is 7.76. The van der Waals surface area contributed by atoms with Gasteiger partial charge in [-0.15, -0.1) is 17.9 Å². The van der Waals surface area contributed by atoms with Gasteiger partial charge in [0.05, 0.1) is 32.3 Å². The number of halogens is 6. The molecule has 2 saturated heterocycles. The van der Waals surface area contributed by atoms with Gasteiger partial charge in [0.15, 0.2) is 11.6 Å². The van der Waals surface area contributed by atoms with Crippen molar-refractivity contribution < 1.29 is 31.4 Å². The number of nitrogens with zero attached hydrogens (tertiary/aromatic N) is 5. The highest BCUT2D eigenvalue weighted by atomic mass is 35.5. The molecule has 15 heteroatoms. The van der Waals surface area contributed by atoms with Crippen molar-refractivity contribution in [1.29, 1.82) is 5.26 Å². The highest BCUT2D eigenvalue weighted by Gasteiger charge is 2.49. The van der Waals surface area contributed by atoms with Gasteiger partial charge in [0.1, 0.15) is 47.6 Å². The van der Waals surface area contributed by atoms with E-state index >= 15 is 4.39 Å². The molecule has 3 aliphatic rings. The van der Waals surface area contributed by atoms with Crippen LogP contribution in [0.2, 0.25) is 5.02 Å². The standard InChI is InChI=1S/C32H28ClF5N6O2S/c1-2-16-13-45-27-23-26(25(38)22(24(27)33)17-4-5-19(35)28-21(17)18(11-39)29(40)47-28)41-31(42-30(23)44(16)9-6-20(36)37)46-14-32-7-3-8-43(32)12-15(34)10-32/h2,4-5,15-16,20H,1,3,6-10,12-14,40H2/t15-,16+,32+/m1/s1. The lowest BCUT2D eigenvalue weighted by Gasteiger charge is -2.31. The third kappa shape index (κ3) is 5.10. The first-order valence-electron chi connectivity index (χ1n) is 15.0. The summed E-state index contributed by atoms with van der Waals surface area (Å²) in [6, 6.07) is 3.47. The van der Waals surface area contributed by atoms with Crippen LogP contribution in [0, 0.1) is 23.0 Å². The molecule has 47 heavy (non-hydrogen) atoms. The molecule has 3 atom stereocenters. The van der Waals surface area contributed by atoms with Crippen molar-refractivity contribution in [2.45, 2.75) is 49.9 Å². The van der Waals surface area contributed by atoms with Gasteiger partial charge >= 0.3 is 6.01 Å². The van der Waals surface area contributed by atoms with Gasteiger partial charge in [-0.25, -0.2) is 22.0 Å². The quantitative estimate of drug-likeness (QED) is 0.152. The summed E-state index contributed by atoms with van der Waals surface area (Å²) in [6.07, 6.45) is -0.855. The van der Waals surface area contributed by atoms with Crippen molar-refractivity contribution in [2.75, 3.05) is 43.5 Å². The number of thiophene rings is 1. The van der Waals surface area contributed by atoms with Gasteiger partial charge in [0.25, 0.3) is 0 Å². The SMILES string of the molecule is C=C[C@H]1COc2c(Cl)c(-c3ccc(F)c4sc(N)c(C#N)c34)c(F)c3nc(OC[C@@]45CCCN4C[C@H](F)C5)nc(c23)N1CCC(F)F. The van der Waals surface area contributed by atoms with Crippen LogP contribution in [0.15, 0.2) is 24.8 Å². The van der Waals surface area contributed by atoms with Crippen LogP contribution in [0.5, 0.6) is 11.8 Å². The number of anilines is 2. The van der Waals surface area contributed by atoms with E-state index in [-0.39, 0.29) is 98.0 Å². The molecular formula is C32H28ClF5N6O2S. The second-order valence-electron chi connectivity index (χ2n) is 12.0. The molecule has 3 aliphatic heterocycles. The Balaban J connectivity index is 1.46. The van der Waals surface area contributed by atoms with Crippen LogP contribution in [0.1, 0.15) is 31.2 Å².